The molecule has 2 aliphatic rings. The Kier molecular flexibility index (Phi) is 3.89. The van der Waals surface area contributed by atoms with Crippen LogP contribution in [0.5, 0.6) is 0 Å². The number of imide groups is 1. The van der Waals surface area contributed by atoms with E-state index in [0.717, 1.165) is 15.6 Å². The lowest BCUT2D eigenvalue weighted by atomic mass is 9.86. The van der Waals surface area contributed by atoms with Crippen molar-refractivity contribution in [2.75, 3.05) is 30.8 Å². The summed E-state index contributed by atoms with van der Waals surface area (Å²) >= 11 is 6.09. The molecule has 0 aromatic heterocycles. The molecule has 1 spiro atoms. The molecule has 2 heterocycles. The number of nitrogens with one attached hydrogen (secondary N) is 1. The van der Waals surface area contributed by atoms with E-state index in [4.69, 9.17) is 28.6 Å². The van der Waals surface area contributed by atoms with Crippen LogP contribution in [0, 0.1) is 5.41 Å². The molecule has 0 unspecified atom stereocenters. The smallest absolute Gasteiger partial charge is 0.341 e. The average Bonchev–Trinajstić information content (AvgIpc) is 2.71. The number of nitrogens with two attached hydrogens (primary N) is 2. The Labute approximate surface area is 144 Å². The van der Waals surface area contributed by atoms with E-state index in [1.807, 2.05) is 4.90 Å². The van der Waals surface area contributed by atoms with Crippen molar-refractivity contribution in [3.8, 4) is 0 Å². The van der Waals surface area contributed by atoms with Gasteiger partial charge in [0.15, 0.2) is 0 Å². The number of benzene rings is 1. The van der Waals surface area contributed by atoms with Crippen molar-refractivity contribution in [3.63, 3.8) is 0 Å². The molecule has 1 aromatic rings. The van der Waals surface area contributed by atoms with E-state index in [0.29, 0.717) is 42.2 Å². The van der Waals surface area contributed by atoms with E-state index in [9.17, 15) is 9.59 Å². The van der Waals surface area contributed by atoms with Gasteiger partial charge in [-0.25, -0.2) is 15.6 Å². The van der Waals surface area contributed by atoms with Gasteiger partial charge in [0.2, 0.25) is 0 Å². The highest BCUT2D eigenvalue weighted by Gasteiger charge is 2.56. The minimum absolute atomic E-state index is 0.271. The largest absolute Gasteiger partial charge is 0.398 e. The predicted molar refractivity (Wildman–Crippen MR) is 92.1 cm³/mol. The second-order valence-corrected chi connectivity index (χ2v) is 6.54. The number of carbonyl (C=O) groups excluding carboxylic acids is 2. The second-order valence-electron chi connectivity index (χ2n) is 6.11. The number of hydrazine groups is 1. The molecule has 9 heteroatoms. The zero-order valence-corrected chi connectivity index (χ0v) is 14.0. The number of nitrogen functional groups attached to an aromatic ring is 1. The summed E-state index contributed by atoms with van der Waals surface area (Å²) in [6.07, 6.45) is 2.00. The van der Waals surface area contributed by atoms with Gasteiger partial charge in [-0.15, -0.1) is 0 Å². The van der Waals surface area contributed by atoms with Crippen LogP contribution >= 0.6 is 11.6 Å². The number of anilines is 2. The molecule has 1 aromatic carbocycles. The monoisotopic (exact) mass is 350 g/mol. The molecule has 0 bridgehead atoms. The summed E-state index contributed by atoms with van der Waals surface area (Å²) in [5, 5.41) is 9.12. The van der Waals surface area contributed by atoms with Crippen LogP contribution in [0.4, 0.5) is 16.2 Å². The number of piperidine rings is 1. The lowest BCUT2D eigenvalue weighted by molar-refractivity contribution is -0.133. The minimum atomic E-state index is -0.989. The van der Waals surface area contributed by atoms with Gasteiger partial charge in [0.05, 0.1) is 0 Å². The van der Waals surface area contributed by atoms with Crippen LogP contribution in [0.3, 0.4) is 0 Å². The summed E-state index contributed by atoms with van der Waals surface area (Å²) in [5.41, 5.74) is 6.72. The third kappa shape index (κ3) is 2.22. The molecule has 2 fully saturated rings. The maximum absolute atomic E-state index is 12.5. The Balaban J connectivity index is 1.88. The quantitative estimate of drug-likeness (QED) is 0.242. The minimum Gasteiger partial charge on any atom is -0.398 e. The van der Waals surface area contributed by atoms with Crippen molar-refractivity contribution in [2.45, 2.75) is 18.4 Å². The maximum Gasteiger partial charge on any atom is 0.341 e. The zero-order valence-electron chi connectivity index (χ0n) is 13.3. The van der Waals surface area contributed by atoms with Crippen LogP contribution in [0.2, 0.25) is 5.02 Å². The van der Waals surface area contributed by atoms with E-state index in [1.54, 1.807) is 12.1 Å². The molecule has 0 atom stereocenters. The lowest BCUT2D eigenvalue weighted by Crippen LogP contribution is -2.59. The molecule has 0 saturated carbocycles. The lowest BCUT2D eigenvalue weighted by Gasteiger charge is -2.41. The standard InChI is InChI=1S/C15H19ClN6O2/c1-20-13(23)15(22(19)14(20)24)2-4-21(5-3-15)12-7-9(16)6-11(18)10(12)8-17/h6-8,17H,2-5,18-19H2,1H3. The summed E-state index contributed by atoms with van der Waals surface area (Å²) in [4.78, 5) is 27.5. The number of likely N-dealkylation sites (N-methyl/N-ethyl adjacent to an activating group) is 1. The van der Waals surface area contributed by atoms with E-state index in [2.05, 4.69) is 0 Å². The van der Waals surface area contributed by atoms with Gasteiger partial charge < -0.3 is 16.0 Å². The summed E-state index contributed by atoms with van der Waals surface area (Å²) in [6, 6.07) is 2.87. The van der Waals surface area contributed by atoms with Gasteiger partial charge in [0.1, 0.15) is 5.54 Å². The van der Waals surface area contributed by atoms with Crippen molar-refractivity contribution >= 4 is 41.1 Å². The van der Waals surface area contributed by atoms with Crippen molar-refractivity contribution in [1.82, 2.24) is 9.91 Å². The number of urea groups is 1. The van der Waals surface area contributed by atoms with Crippen molar-refractivity contribution in [1.29, 1.82) is 5.41 Å². The van der Waals surface area contributed by atoms with Gasteiger partial charge in [-0.2, -0.15) is 0 Å². The van der Waals surface area contributed by atoms with Crippen LogP contribution in [0.1, 0.15) is 18.4 Å². The van der Waals surface area contributed by atoms with Crippen LogP contribution < -0.4 is 16.5 Å². The van der Waals surface area contributed by atoms with Crippen molar-refractivity contribution < 1.29 is 9.59 Å². The van der Waals surface area contributed by atoms with E-state index in [1.165, 1.54) is 13.3 Å². The number of rotatable bonds is 2. The zero-order chi connectivity index (χ0) is 17.6. The summed E-state index contributed by atoms with van der Waals surface area (Å²) in [6.45, 7) is 1.00. The molecule has 2 saturated heterocycles. The third-order valence-electron chi connectivity index (χ3n) is 4.89. The molecule has 8 nitrogen and oxygen atoms in total. The SMILES string of the molecule is CN1C(=O)N(N)C2(CCN(c3cc(Cl)cc(N)c3C=N)CC2)C1=O. The molecular weight excluding hydrogens is 332 g/mol. The molecule has 3 amide bonds. The molecule has 128 valence electrons. The van der Waals surface area contributed by atoms with Crippen LogP contribution in [0.25, 0.3) is 0 Å². The molecule has 0 aliphatic carbocycles. The Hall–Kier alpha value is -2.32. The predicted octanol–water partition coefficient (Wildman–Crippen LogP) is 1.03. The fourth-order valence-electron chi connectivity index (χ4n) is 3.46. The Morgan fingerprint density at radius 2 is 1.92 bits per heavy atom. The Bertz CT molecular complexity index is 729. The summed E-state index contributed by atoms with van der Waals surface area (Å²) in [7, 11) is 1.44. The van der Waals surface area contributed by atoms with Crippen LogP contribution in [-0.2, 0) is 4.79 Å². The highest BCUT2D eigenvalue weighted by atomic mass is 35.5. The molecule has 2 aliphatic heterocycles. The number of amides is 3. The first kappa shape index (κ1) is 16.5. The first-order valence-electron chi connectivity index (χ1n) is 7.53. The molecule has 0 radical (unpaired) electrons. The highest BCUT2D eigenvalue weighted by Crippen LogP contribution is 2.37. The van der Waals surface area contributed by atoms with Gasteiger partial charge in [-0.3, -0.25) is 9.69 Å². The number of halogens is 1. The Morgan fingerprint density at radius 3 is 2.42 bits per heavy atom. The first-order valence-corrected chi connectivity index (χ1v) is 7.91. The fraction of sp³-hybridized carbons (Fsp3) is 0.400. The summed E-state index contributed by atoms with van der Waals surface area (Å²) in [5.74, 6) is 5.61. The number of hydrogen-bond donors (Lipinski definition) is 3. The molecular formula is C15H19ClN6O2. The average molecular weight is 351 g/mol. The van der Waals surface area contributed by atoms with E-state index in [-0.39, 0.29) is 5.91 Å². The van der Waals surface area contributed by atoms with Gasteiger partial charge in [0, 0.05) is 48.3 Å². The van der Waals surface area contributed by atoms with Crippen LogP contribution in [0.15, 0.2) is 12.1 Å². The topological polar surface area (TPSA) is 120 Å². The van der Waals surface area contributed by atoms with Gasteiger partial charge >= 0.3 is 6.03 Å². The van der Waals surface area contributed by atoms with Gasteiger partial charge in [-0.1, -0.05) is 11.6 Å². The van der Waals surface area contributed by atoms with Gasteiger partial charge in [0.25, 0.3) is 5.91 Å². The van der Waals surface area contributed by atoms with E-state index < -0.39 is 11.6 Å². The molecule has 5 N–H and O–H groups in total. The number of hydrogen-bond acceptors (Lipinski definition) is 6. The normalized spacial score (nSPS) is 20.2. The van der Waals surface area contributed by atoms with Crippen molar-refractivity contribution in [2.24, 2.45) is 5.84 Å². The van der Waals surface area contributed by atoms with E-state index >= 15 is 0 Å². The fourth-order valence-corrected chi connectivity index (χ4v) is 3.68. The highest BCUT2D eigenvalue weighted by molar-refractivity contribution is 6.31. The Morgan fingerprint density at radius 1 is 1.29 bits per heavy atom. The first-order chi connectivity index (χ1) is 11.3. The number of nitrogens with zero attached hydrogens (tertiary/aromatic N) is 3. The molecule has 24 heavy (non-hydrogen) atoms. The number of carbonyl (C=O) groups is 2. The second kappa shape index (κ2) is 5.64. The maximum atomic E-state index is 12.5. The van der Waals surface area contributed by atoms with Crippen molar-refractivity contribution in [3.05, 3.63) is 22.7 Å². The third-order valence-corrected chi connectivity index (χ3v) is 5.11. The summed E-state index contributed by atoms with van der Waals surface area (Å²) < 4.78 is 0. The van der Waals surface area contributed by atoms with Gasteiger partial charge in [-0.05, 0) is 25.0 Å². The molecule has 3 rings (SSSR count). The van der Waals surface area contributed by atoms with Crippen LogP contribution in [-0.4, -0.2) is 53.7 Å².